The molecule has 0 heterocycles. The number of aryl methyl sites for hydroxylation is 1. The van der Waals surface area contributed by atoms with Gasteiger partial charge in [-0.15, -0.1) is 0 Å². The lowest BCUT2D eigenvalue weighted by atomic mass is 10.0. The zero-order chi connectivity index (χ0) is 30.0. The van der Waals surface area contributed by atoms with Crippen LogP contribution in [-0.4, -0.2) is 31.1 Å². The Bertz CT molecular complexity index is 1010. The fourth-order valence-corrected chi connectivity index (χ4v) is 4.07. The number of rotatable bonds is 10. The van der Waals surface area contributed by atoms with Crippen molar-refractivity contribution in [3.63, 3.8) is 0 Å². The van der Waals surface area contributed by atoms with Crippen molar-refractivity contribution < 1.29 is 14.4 Å². The summed E-state index contributed by atoms with van der Waals surface area (Å²) in [5.74, 6) is 0.0159. The SMILES string of the molecule is C/C=C(\C=C/C(=O)CCc1cccc(NCC)c1)c1ccc(C(=O)NCC)cc1.C1CCCCC1.CC.CC=O. The Balaban J connectivity index is 0.00000116. The average molecular weight is 549 g/mol. The first-order valence-electron chi connectivity index (χ1n) is 15.0. The van der Waals surface area contributed by atoms with Gasteiger partial charge in [-0.25, -0.2) is 0 Å². The first-order valence-corrected chi connectivity index (χ1v) is 15.0. The van der Waals surface area contributed by atoms with Gasteiger partial charge in [0.2, 0.25) is 0 Å². The average Bonchev–Trinajstić information content (AvgIpc) is 3.00. The number of nitrogens with one attached hydrogen (secondary N) is 2. The number of allylic oxidation sites excluding steroid dienone is 4. The van der Waals surface area contributed by atoms with Gasteiger partial charge < -0.3 is 15.4 Å². The highest BCUT2D eigenvalue weighted by Crippen LogP contribution is 2.18. The van der Waals surface area contributed by atoms with E-state index in [1.807, 2.05) is 70.2 Å². The maximum atomic E-state index is 12.3. The molecule has 0 radical (unpaired) electrons. The minimum atomic E-state index is -0.0787. The van der Waals surface area contributed by atoms with Crippen molar-refractivity contribution in [1.82, 2.24) is 5.32 Å². The number of ketones is 1. The minimum absolute atomic E-state index is 0.0787. The molecule has 0 unspecified atom stereocenters. The van der Waals surface area contributed by atoms with E-state index in [2.05, 4.69) is 23.6 Å². The van der Waals surface area contributed by atoms with Crippen molar-refractivity contribution >= 4 is 29.2 Å². The summed E-state index contributed by atoms with van der Waals surface area (Å²) in [4.78, 5) is 33.0. The summed E-state index contributed by atoms with van der Waals surface area (Å²) in [5, 5.41) is 6.07. The van der Waals surface area contributed by atoms with Crippen LogP contribution in [0, 0.1) is 0 Å². The van der Waals surface area contributed by atoms with Gasteiger partial charge in [-0.1, -0.05) is 88.8 Å². The lowest BCUT2D eigenvalue weighted by molar-refractivity contribution is -0.114. The van der Waals surface area contributed by atoms with Gasteiger partial charge >= 0.3 is 0 Å². The molecule has 1 amide bonds. The molecule has 2 aromatic carbocycles. The Labute approximate surface area is 243 Å². The molecule has 0 spiro atoms. The van der Waals surface area contributed by atoms with Crippen LogP contribution in [0.3, 0.4) is 0 Å². The molecule has 0 aromatic heterocycles. The van der Waals surface area contributed by atoms with E-state index in [-0.39, 0.29) is 11.7 Å². The molecule has 1 saturated carbocycles. The van der Waals surface area contributed by atoms with E-state index in [4.69, 9.17) is 4.79 Å². The van der Waals surface area contributed by atoms with Gasteiger partial charge in [0.05, 0.1) is 0 Å². The highest BCUT2D eigenvalue weighted by atomic mass is 16.1. The molecule has 1 aliphatic rings. The highest BCUT2D eigenvalue weighted by Gasteiger charge is 2.05. The lowest BCUT2D eigenvalue weighted by Gasteiger charge is -2.06. The van der Waals surface area contributed by atoms with E-state index in [0.29, 0.717) is 18.5 Å². The topological polar surface area (TPSA) is 75.3 Å². The zero-order valence-electron chi connectivity index (χ0n) is 25.7. The quantitative estimate of drug-likeness (QED) is 0.177. The third kappa shape index (κ3) is 16.5. The first kappa shape index (κ1) is 36.5. The molecular formula is C35H52N2O3. The third-order valence-corrected chi connectivity index (χ3v) is 6.05. The third-order valence-electron chi connectivity index (χ3n) is 6.05. The van der Waals surface area contributed by atoms with Crippen LogP contribution in [0.1, 0.15) is 108 Å². The van der Waals surface area contributed by atoms with E-state index in [0.717, 1.165) is 41.6 Å². The lowest BCUT2D eigenvalue weighted by Crippen LogP contribution is -2.22. The second-order valence-electron chi connectivity index (χ2n) is 9.07. The number of benzene rings is 2. The highest BCUT2D eigenvalue weighted by molar-refractivity contribution is 5.95. The van der Waals surface area contributed by atoms with E-state index >= 15 is 0 Å². The van der Waals surface area contributed by atoms with Gasteiger partial charge in [0.25, 0.3) is 5.91 Å². The summed E-state index contributed by atoms with van der Waals surface area (Å²) in [6.07, 6.45) is 16.4. The molecule has 5 nitrogen and oxygen atoms in total. The molecular weight excluding hydrogens is 496 g/mol. The molecule has 0 saturated heterocycles. The fourth-order valence-electron chi connectivity index (χ4n) is 4.07. The van der Waals surface area contributed by atoms with Gasteiger partial charge in [-0.3, -0.25) is 9.59 Å². The van der Waals surface area contributed by atoms with E-state index < -0.39 is 0 Å². The molecule has 0 bridgehead atoms. The van der Waals surface area contributed by atoms with Crippen LogP contribution in [-0.2, 0) is 16.0 Å². The van der Waals surface area contributed by atoms with Gasteiger partial charge in [-0.05, 0) is 81.2 Å². The standard InChI is InChI=1S/C25H30N2O2.C6H12.C2H4O.C2H6/c1-4-20(21-11-13-22(14-12-21)25(29)27-6-3)15-17-24(28)16-10-19-8-7-9-23(18-19)26-5-2;1-2-4-6-5-3-1;1-2-3;1-2/h4,7-9,11-15,17-18,26H,5-6,10,16H2,1-3H3,(H,27,29);1-6H2;2H,1H3;1-2H3/b17-15-,20-4+;;;. The summed E-state index contributed by atoms with van der Waals surface area (Å²) in [7, 11) is 0. The molecule has 5 heteroatoms. The largest absolute Gasteiger partial charge is 0.385 e. The molecule has 0 aliphatic heterocycles. The van der Waals surface area contributed by atoms with Gasteiger partial charge in [-0.2, -0.15) is 0 Å². The summed E-state index contributed by atoms with van der Waals surface area (Å²) in [5.41, 5.74) is 4.79. The number of amides is 1. The predicted molar refractivity (Wildman–Crippen MR) is 172 cm³/mol. The maximum Gasteiger partial charge on any atom is 0.251 e. The molecule has 0 atom stereocenters. The molecule has 2 N–H and O–H groups in total. The Morgan fingerprint density at radius 2 is 1.35 bits per heavy atom. The van der Waals surface area contributed by atoms with Crippen LogP contribution >= 0.6 is 0 Å². The van der Waals surface area contributed by atoms with Crippen molar-refractivity contribution in [3.8, 4) is 0 Å². The number of carbonyl (C=O) groups excluding carboxylic acids is 3. The summed E-state index contributed by atoms with van der Waals surface area (Å²) >= 11 is 0. The summed E-state index contributed by atoms with van der Waals surface area (Å²) in [6, 6.07) is 15.6. The van der Waals surface area contributed by atoms with Crippen LogP contribution in [0.4, 0.5) is 5.69 Å². The number of hydrogen-bond donors (Lipinski definition) is 2. The van der Waals surface area contributed by atoms with Crippen molar-refractivity contribution in [2.45, 2.75) is 92.9 Å². The maximum absolute atomic E-state index is 12.3. The second kappa shape index (κ2) is 24.6. The molecule has 220 valence electrons. The van der Waals surface area contributed by atoms with E-state index in [1.165, 1.54) is 45.4 Å². The number of carbonyl (C=O) groups is 3. The van der Waals surface area contributed by atoms with E-state index in [1.54, 1.807) is 18.2 Å². The monoisotopic (exact) mass is 548 g/mol. The Kier molecular flexibility index (Phi) is 22.4. The van der Waals surface area contributed by atoms with E-state index in [9.17, 15) is 9.59 Å². The molecule has 2 aromatic rings. The Hall–Kier alpha value is -3.47. The smallest absolute Gasteiger partial charge is 0.251 e. The van der Waals surface area contributed by atoms with Crippen molar-refractivity contribution in [3.05, 3.63) is 83.4 Å². The number of hydrogen-bond acceptors (Lipinski definition) is 4. The van der Waals surface area contributed by atoms with Gasteiger partial charge in [0, 0.05) is 30.8 Å². The van der Waals surface area contributed by atoms with Crippen molar-refractivity contribution in [2.24, 2.45) is 0 Å². The van der Waals surface area contributed by atoms with Crippen molar-refractivity contribution in [2.75, 3.05) is 18.4 Å². The van der Waals surface area contributed by atoms with Crippen LogP contribution in [0.25, 0.3) is 5.57 Å². The summed E-state index contributed by atoms with van der Waals surface area (Å²) in [6.45, 7) is 12.8. The van der Waals surface area contributed by atoms with Crippen LogP contribution in [0.15, 0.2) is 66.8 Å². The normalized spacial score (nSPS) is 12.4. The fraction of sp³-hybridized carbons (Fsp3) is 0.457. The number of anilines is 1. The van der Waals surface area contributed by atoms with Gasteiger partial charge in [0.15, 0.2) is 5.78 Å². The molecule has 3 rings (SSSR count). The zero-order valence-corrected chi connectivity index (χ0v) is 25.7. The second-order valence-corrected chi connectivity index (χ2v) is 9.07. The first-order chi connectivity index (χ1) is 19.5. The van der Waals surface area contributed by atoms with Crippen LogP contribution in [0.2, 0.25) is 0 Å². The Morgan fingerprint density at radius 1 is 0.800 bits per heavy atom. The number of aldehydes is 1. The molecule has 1 fully saturated rings. The van der Waals surface area contributed by atoms with Crippen molar-refractivity contribution in [1.29, 1.82) is 0 Å². The summed E-state index contributed by atoms with van der Waals surface area (Å²) < 4.78 is 0. The predicted octanol–water partition coefficient (Wildman–Crippen LogP) is 8.60. The molecule has 40 heavy (non-hydrogen) atoms. The van der Waals surface area contributed by atoms with Crippen LogP contribution in [0.5, 0.6) is 0 Å². The van der Waals surface area contributed by atoms with Gasteiger partial charge in [0.1, 0.15) is 6.29 Å². The van der Waals surface area contributed by atoms with Crippen LogP contribution < -0.4 is 10.6 Å². The minimum Gasteiger partial charge on any atom is -0.385 e. The Morgan fingerprint density at radius 3 is 1.85 bits per heavy atom. The molecule has 1 aliphatic carbocycles.